The summed E-state index contributed by atoms with van der Waals surface area (Å²) < 4.78 is 5.18. The van der Waals surface area contributed by atoms with Crippen molar-refractivity contribution in [2.75, 3.05) is 19.8 Å². The molecule has 6 nitrogen and oxygen atoms in total. The van der Waals surface area contributed by atoms with E-state index < -0.39 is 17.9 Å². The Morgan fingerprint density at radius 3 is 2.36 bits per heavy atom. The van der Waals surface area contributed by atoms with Gasteiger partial charge in [-0.15, -0.1) is 0 Å². The third-order valence-electron chi connectivity index (χ3n) is 3.56. The molecular formula is C16H20N2O4. The maximum atomic E-state index is 12.3. The maximum absolute atomic E-state index is 12.3. The van der Waals surface area contributed by atoms with Crippen molar-refractivity contribution in [2.24, 2.45) is 0 Å². The van der Waals surface area contributed by atoms with Gasteiger partial charge in [-0.2, -0.15) is 0 Å². The second-order valence-corrected chi connectivity index (χ2v) is 5.04. The fourth-order valence-electron chi connectivity index (χ4n) is 2.35. The number of benzene rings is 1. The van der Waals surface area contributed by atoms with Crippen LogP contribution in [0.2, 0.25) is 0 Å². The zero-order valence-corrected chi connectivity index (χ0v) is 12.8. The first-order chi connectivity index (χ1) is 10.6. The summed E-state index contributed by atoms with van der Waals surface area (Å²) in [6.07, 6.45) is 0.689. The average Bonchev–Trinajstić information content (AvgIpc) is 2.78. The summed E-state index contributed by atoms with van der Waals surface area (Å²) >= 11 is 0. The van der Waals surface area contributed by atoms with E-state index in [9.17, 15) is 14.4 Å². The minimum absolute atomic E-state index is 0.342. The van der Waals surface area contributed by atoms with Crippen LogP contribution in [0.5, 0.6) is 0 Å². The first-order valence-corrected chi connectivity index (χ1v) is 7.40. The van der Waals surface area contributed by atoms with Crippen molar-refractivity contribution in [1.82, 2.24) is 10.2 Å². The van der Waals surface area contributed by atoms with E-state index in [0.717, 1.165) is 4.90 Å². The van der Waals surface area contributed by atoms with Crippen LogP contribution >= 0.6 is 0 Å². The van der Waals surface area contributed by atoms with E-state index >= 15 is 0 Å². The number of imide groups is 1. The summed E-state index contributed by atoms with van der Waals surface area (Å²) in [4.78, 5) is 37.7. The van der Waals surface area contributed by atoms with Gasteiger partial charge in [-0.3, -0.25) is 19.3 Å². The fraction of sp³-hybridized carbons (Fsp3) is 0.438. The molecular weight excluding hydrogens is 284 g/mol. The highest BCUT2D eigenvalue weighted by Gasteiger charge is 2.40. The molecule has 1 N–H and O–H groups in total. The minimum atomic E-state index is -0.834. The summed E-state index contributed by atoms with van der Waals surface area (Å²) in [5.74, 6) is -1.18. The number of amides is 3. The van der Waals surface area contributed by atoms with Gasteiger partial charge in [0.1, 0.15) is 6.04 Å². The lowest BCUT2D eigenvalue weighted by molar-refractivity contribution is -0.124. The average molecular weight is 304 g/mol. The van der Waals surface area contributed by atoms with Gasteiger partial charge in [0.25, 0.3) is 11.8 Å². The van der Waals surface area contributed by atoms with Crippen LogP contribution in [0.3, 0.4) is 0 Å². The van der Waals surface area contributed by atoms with Gasteiger partial charge in [-0.25, -0.2) is 0 Å². The third kappa shape index (κ3) is 3.17. The molecule has 0 bridgehead atoms. The Morgan fingerprint density at radius 1 is 1.23 bits per heavy atom. The van der Waals surface area contributed by atoms with Crippen molar-refractivity contribution in [3.05, 3.63) is 35.4 Å². The Balaban J connectivity index is 1.96. The molecule has 118 valence electrons. The predicted octanol–water partition coefficient (Wildman–Crippen LogP) is 1.21. The molecule has 22 heavy (non-hydrogen) atoms. The van der Waals surface area contributed by atoms with Gasteiger partial charge in [0.05, 0.1) is 11.1 Å². The summed E-state index contributed by atoms with van der Waals surface area (Å²) in [6.45, 7) is 5.12. The first kappa shape index (κ1) is 16.2. The number of carbonyl (C=O) groups is 3. The van der Waals surface area contributed by atoms with Crippen LogP contribution in [0.15, 0.2) is 24.3 Å². The standard InChI is InChI=1S/C16H20N2O4/c1-3-22-10-6-9-17-14(19)11(2)18-15(20)12-7-4-5-8-13(12)16(18)21/h4-5,7-8,11H,3,6,9-10H2,1-2H3,(H,17,19). The Morgan fingerprint density at radius 2 is 1.82 bits per heavy atom. The lowest BCUT2D eigenvalue weighted by Crippen LogP contribution is -2.48. The molecule has 1 aliphatic rings. The number of hydrogen-bond acceptors (Lipinski definition) is 4. The molecule has 1 heterocycles. The highest BCUT2D eigenvalue weighted by atomic mass is 16.5. The van der Waals surface area contributed by atoms with Gasteiger partial charge in [0, 0.05) is 19.8 Å². The molecule has 6 heteroatoms. The van der Waals surface area contributed by atoms with Crippen LogP contribution in [-0.2, 0) is 9.53 Å². The molecule has 0 saturated carbocycles. The van der Waals surface area contributed by atoms with E-state index in [1.165, 1.54) is 0 Å². The molecule has 1 unspecified atom stereocenters. The minimum Gasteiger partial charge on any atom is -0.382 e. The van der Waals surface area contributed by atoms with E-state index in [2.05, 4.69) is 5.32 Å². The SMILES string of the molecule is CCOCCCNC(=O)C(C)N1C(=O)c2ccccc2C1=O. The highest BCUT2D eigenvalue weighted by Crippen LogP contribution is 2.24. The monoisotopic (exact) mass is 304 g/mol. The van der Waals surface area contributed by atoms with E-state index in [1.807, 2.05) is 6.92 Å². The van der Waals surface area contributed by atoms with Gasteiger partial charge in [0.15, 0.2) is 0 Å². The number of carbonyl (C=O) groups excluding carboxylic acids is 3. The zero-order chi connectivity index (χ0) is 16.1. The highest BCUT2D eigenvalue weighted by molar-refractivity contribution is 6.22. The van der Waals surface area contributed by atoms with Crippen molar-refractivity contribution in [1.29, 1.82) is 0 Å². The number of hydrogen-bond donors (Lipinski definition) is 1. The lowest BCUT2D eigenvalue weighted by atomic mass is 10.1. The third-order valence-corrected chi connectivity index (χ3v) is 3.56. The van der Waals surface area contributed by atoms with Gasteiger partial charge in [-0.1, -0.05) is 12.1 Å². The van der Waals surface area contributed by atoms with E-state index in [0.29, 0.717) is 37.3 Å². The number of ether oxygens (including phenoxy) is 1. The number of fused-ring (bicyclic) bond motifs is 1. The van der Waals surface area contributed by atoms with Gasteiger partial charge in [-0.05, 0) is 32.4 Å². The number of nitrogens with one attached hydrogen (secondary N) is 1. The predicted molar refractivity (Wildman–Crippen MR) is 80.5 cm³/mol. The van der Waals surface area contributed by atoms with Crippen LogP contribution in [0, 0.1) is 0 Å². The summed E-state index contributed by atoms with van der Waals surface area (Å²) in [5, 5.41) is 2.72. The van der Waals surface area contributed by atoms with Crippen LogP contribution in [0.25, 0.3) is 0 Å². The normalized spacial score (nSPS) is 14.9. The molecule has 3 amide bonds. The van der Waals surface area contributed by atoms with Crippen LogP contribution in [0.4, 0.5) is 0 Å². The molecule has 2 rings (SSSR count). The molecule has 0 aliphatic carbocycles. The molecule has 1 aromatic rings. The largest absolute Gasteiger partial charge is 0.382 e. The zero-order valence-electron chi connectivity index (χ0n) is 12.8. The maximum Gasteiger partial charge on any atom is 0.262 e. The summed E-state index contributed by atoms with van der Waals surface area (Å²) in [5.41, 5.74) is 0.701. The molecule has 1 atom stereocenters. The fourth-order valence-corrected chi connectivity index (χ4v) is 2.35. The molecule has 0 aromatic heterocycles. The molecule has 0 fully saturated rings. The van der Waals surface area contributed by atoms with Crippen LogP contribution in [-0.4, -0.2) is 48.4 Å². The quantitative estimate of drug-likeness (QED) is 0.607. The molecule has 0 spiro atoms. The lowest BCUT2D eigenvalue weighted by Gasteiger charge is -2.21. The van der Waals surface area contributed by atoms with E-state index in [1.54, 1.807) is 31.2 Å². The second kappa shape index (κ2) is 7.17. The van der Waals surface area contributed by atoms with Gasteiger partial charge in [0.2, 0.25) is 5.91 Å². The van der Waals surface area contributed by atoms with Gasteiger partial charge >= 0.3 is 0 Å². The Kier molecular flexibility index (Phi) is 5.27. The van der Waals surface area contributed by atoms with Crippen molar-refractivity contribution in [3.8, 4) is 0 Å². The van der Waals surface area contributed by atoms with E-state index in [-0.39, 0.29) is 5.91 Å². The van der Waals surface area contributed by atoms with Crippen LogP contribution in [0.1, 0.15) is 41.0 Å². The number of nitrogens with zero attached hydrogens (tertiary/aromatic N) is 1. The van der Waals surface area contributed by atoms with Crippen LogP contribution < -0.4 is 5.32 Å². The first-order valence-electron chi connectivity index (χ1n) is 7.40. The van der Waals surface area contributed by atoms with Gasteiger partial charge < -0.3 is 10.1 Å². The molecule has 0 saturated heterocycles. The molecule has 1 aliphatic heterocycles. The summed E-state index contributed by atoms with van der Waals surface area (Å²) in [6, 6.07) is 5.77. The second-order valence-electron chi connectivity index (χ2n) is 5.04. The molecule has 1 aromatic carbocycles. The Bertz CT molecular complexity index is 550. The van der Waals surface area contributed by atoms with Crippen molar-refractivity contribution < 1.29 is 19.1 Å². The Labute approximate surface area is 129 Å². The summed E-state index contributed by atoms with van der Waals surface area (Å²) in [7, 11) is 0. The Hall–Kier alpha value is -2.21. The van der Waals surface area contributed by atoms with Crippen molar-refractivity contribution in [3.63, 3.8) is 0 Å². The number of rotatable bonds is 7. The van der Waals surface area contributed by atoms with E-state index in [4.69, 9.17) is 4.74 Å². The van der Waals surface area contributed by atoms with Crippen molar-refractivity contribution in [2.45, 2.75) is 26.3 Å². The topological polar surface area (TPSA) is 75.7 Å². The van der Waals surface area contributed by atoms with Crippen molar-refractivity contribution >= 4 is 17.7 Å². The molecule has 0 radical (unpaired) electrons. The smallest absolute Gasteiger partial charge is 0.262 e.